The highest BCUT2D eigenvalue weighted by Gasteiger charge is 2.55. The molecule has 6 rings (SSSR count). The van der Waals surface area contributed by atoms with Crippen molar-refractivity contribution in [2.45, 2.75) is 70.0 Å². The summed E-state index contributed by atoms with van der Waals surface area (Å²) >= 11 is 5.83. The average Bonchev–Trinajstić information content (AvgIpc) is 3.24. The molecule has 3 aromatic rings. The lowest BCUT2D eigenvalue weighted by Gasteiger charge is -2.43. The van der Waals surface area contributed by atoms with Crippen molar-refractivity contribution in [3.05, 3.63) is 97.9 Å². The SMILES string of the molecule is CC1C[C@]2(CC[C@H](C)N3C[C@H]2n2cc(C(N)=O)c(=O)c(OCc4ccccc4)c2C3=O)ON1Cc1ccc(F)c(Cl)c1F. The Kier molecular flexibility index (Phi) is 7.52. The molecule has 226 valence electrons. The second-order valence-electron chi connectivity index (χ2n) is 11.6. The van der Waals surface area contributed by atoms with Crippen molar-refractivity contribution in [1.82, 2.24) is 14.5 Å². The minimum absolute atomic E-state index is 0.00293. The quantitative estimate of drug-likeness (QED) is 0.408. The molecule has 1 spiro atoms. The zero-order valence-corrected chi connectivity index (χ0v) is 24.4. The van der Waals surface area contributed by atoms with Crippen LogP contribution >= 0.6 is 11.6 Å². The molecule has 2 fully saturated rings. The fourth-order valence-electron chi connectivity index (χ4n) is 6.52. The van der Waals surface area contributed by atoms with Crippen molar-refractivity contribution in [2.75, 3.05) is 6.54 Å². The summed E-state index contributed by atoms with van der Waals surface area (Å²) < 4.78 is 36.3. The maximum atomic E-state index is 14.8. The van der Waals surface area contributed by atoms with Gasteiger partial charge in [-0.05, 0) is 44.7 Å². The number of carbonyl (C=O) groups excluding carboxylic acids is 2. The second-order valence-corrected chi connectivity index (χ2v) is 12.0. The first-order valence-electron chi connectivity index (χ1n) is 14.2. The van der Waals surface area contributed by atoms with E-state index in [0.29, 0.717) is 19.3 Å². The number of ether oxygens (including phenoxy) is 1. The van der Waals surface area contributed by atoms with Gasteiger partial charge in [0.15, 0.2) is 11.4 Å². The van der Waals surface area contributed by atoms with Crippen LogP contribution in [0.2, 0.25) is 5.02 Å². The van der Waals surface area contributed by atoms with Crippen molar-refractivity contribution in [3.8, 4) is 5.75 Å². The second kappa shape index (κ2) is 11.0. The summed E-state index contributed by atoms with van der Waals surface area (Å²) in [6, 6.07) is 10.7. The molecule has 2 N–H and O–H groups in total. The van der Waals surface area contributed by atoms with Gasteiger partial charge in [-0.1, -0.05) is 48.0 Å². The highest BCUT2D eigenvalue weighted by molar-refractivity contribution is 6.30. The van der Waals surface area contributed by atoms with Crippen LogP contribution in [0.4, 0.5) is 8.78 Å². The van der Waals surface area contributed by atoms with E-state index in [4.69, 9.17) is 26.9 Å². The third kappa shape index (κ3) is 4.99. The van der Waals surface area contributed by atoms with Gasteiger partial charge in [0, 0.05) is 30.4 Å². The van der Waals surface area contributed by atoms with Gasteiger partial charge in [-0.2, -0.15) is 5.06 Å². The van der Waals surface area contributed by atoms with Gasteiger partial charge in [-0.3, -0.25) is 19.2 Å². The van der Waals surface area contributed by atoms with E-state index in [9.17, 15) is 23.2 Å². The van der Waals surface area contributed by atoms with E-state index in [0.717, 1.165) is 11.6 Å². The molecule has 1 aromatic heterocycles. The van der Waals surface area contributed by atoms with Crippen molar-refractivity contribution < 1.29 is 27.9 Å². The third-order valence-corrected chi connectivity index (χ3v) is 9.20. The number of amides is 2. The van der Waals surface area contributed by atoms with Crippen LogP contribution in [-0.2, 0) is 18.0 Å². The van der Waals surface area contributed by atoms with Gasteiger partial charge in [0.05, 0.1) is 12.6 Å². The van der Waals surface area contributed by atoms with E-state index in [1.165, 1.54) is 12.3 Å². The van der Waals surface area contributed by atoms with Crippen LogP contribution in [0.25, 0.3) is 0 Å². The Morgan fingerprint density at radius 1 is 1.14 bits per heavy atom. The topological polar surface area (TPSA) is 107 Å². The number of primary amides is 1. The molecule has 2 saturated heterocycles. The first-order chi connectivity index (χ1) is 20.5. The van der Waals surface area contributed by atoms with Crippen molar-refractivity contribution in [1.29, 1.82) is 0 Å². The van der Waals surface area contributed by atoms with Gasteiger partial charge in [0.2, 0.25) is 5.43 Å². The number of aromatic nitrogens is 1. The van der Waals surface area contributed by atoms with Crippen molar-refractivity contribution >= 4 is 23.4 Å². The maximum absolute atomic E-state index is 14.8. The van der Waals surface area contributed by atoms with Crippen molar-refractivity contribution in [3.63, 3.8) is 0 Å². The molecule has 12 heteroatoms. The number of hydrogen-bond donors (Lipinski definition) is 1. The Morgan fingerprint density at radius 3 is 2.60 bits per heavy atom. The predicted octanol–water partition coefficient (Wildman–Crippen LogP) is 4.60. The zero-order chi connectivity index (χ0) is 30.6. The molecule has 2 bridgehead atoms. The highest BCUT2D eigenvalue weighted by Crippen LogP contribution is 2.49. The van der Waals surface area contributed by atoms with Crippen LogP contribution in [0.15, 0.2) is 53.5 Å². The number of halogens is 3. The van der Waals surface area contributed by atoms with E-state index >= 15 is 0 Å². The number of carbonyl (C=O) groups is 2. The normalized spacial score (nSPS) is 25.1. The number of rotatable bonds is 6. The van der Waals surface area contributed by atoms with E-state index < -0.39 is 39.6 Å². The van der Waals surface area contributed by atoms with Gasteiger partial charge in [0.25, 0.3) is 11.8 Å². The van der Waals surface area contributed by atoms with E-state index in [-0.39, 0.29) is 60.3 Å². The van der Waals surface area contributed by atoms with Crippen LogP contribution in [0, 0.1) is 11.6 Å². The number of nitrogens with zero attached hydrogens (tertiary/aromatic N) is 3. The molecule has 3 aliphatic heterocycles. The predicted molar refractivity (Wildman–Crippen MR) is 154 cm³/mol. The lowest BCUT2D eigenvalue weighted by Crippen LogP contribution is -2.52. The summed E-state index contributed by atoms with van der Waals surface area (Å²) in [5.74, 6) is -3.27. The minimum Gasteiger partial charge on any atom is -0.483 e. The molecule has 4 heterocycles. The first kappa shape index (κ1) is 29.3. The van der Waals surface area contributed by atoms with Gasteiger partial charge < -0.3 is 19.9 Å². The molecule has 0 saturated carbocycles. The smallest absolute Gasteiger partial charge is 0.274 e. The number of hydroxylamine groups is 2. The summed E-state index contributed by atoms with van der Waals surface area (Å²) in [6.45, 7) is 4.14. The molecule has 4 atom stereocenters. The Bertz CT molecular complexity index is 1670. The number of benzene rings is 2. The number of hydrogen-bond acceptors (Lipinski definition) is 6. The highest BCUT2D eigenvalue weighted by atomic mass is 35.5. The molecule has 0 radical (unpaired) electrons. The van der Waals surface area contributed by atoms with Crippen LogP contribution in [0.1, 0.15) is 71.1 Å². The average molecular weight is 613 g/mol. The number of fused-ring (bicyclic) bond motifs is 5. The zero-order valence-electron chi connectivity index (χ0n) is 23.7. The first-order valence-corrected chi connectivity index (χ1v) is 14.5. The lowest BCUT2D eigenvalue weighted by molar-refractivity contribution is -0.225. The van der Waals surface area contributed by atoms with Crippen LogP contribution < -0.4 is 15.9 Å². The molecule has 43 heavy (non-hydrogen) atoms. The van der Waals surface area contributed by atoms with E-state index in [1.807, 2.05) is 44.2 Å². The van der Waals surface area contributed by atoms with E-state index in [1.54, 1.807) is 14.5 Å². The van der Waals surface area contributed by atoms with Crippen molar-refractivity contribution in [2.24, 2.45) is 5.73 Å². The fraction of sp³-hybridized carbons (Fsp3) is 0.387. The molecule has 2 aromatic carbocycles. The summed E-state index contributed by atoms with van der Waals surface area (Å²) in [4.78, 5) is 48.3. The summed E-state index contributed by atoms with van der Waals surface area (Å²) in [7, 11) is 0. The summed E-state index contributed by atoms with van der Waals surface area (Å²) in [6.07, 6.45) is 2.97. The standard InChI is InChI=1S/C31H31ClF2N4O5/c1-17-10-11-31(12-18(2)38(43-31)13-20-8-9-22(33)24(32)25(20)34)23-15-36(17)30(41)26-28(42-16-19-6-4-3-5-7-19)27(39)21(29(35)40)14-37(23)26/h3-9,14,17-18,23H,10-13,15-16H2,1-2H3,(H2,35,40)/t17-,18?,23+,31-/m0/s1. The molecule has 0 aliphatic carbocycles. The Balaban J connectivity index is 1.44. The van der Waals surface area contributed by atoms with Crippen LogP contribution in [-0.4, -0.2) is 50.6 Å². The monoisotopic (exact) mass is 612 g/mol. The largest absolute Gasteiger partial charge is 0.483 e. The van der Waals surface area contributed by atoms with Gasteiger partial charge in [-0.25, -0.2) is 8.78 Å². The summed E-state index contributed by atoms with van der Waals surface area (Å²) in [5.41, 5.74) is 4.67. The molecular weight excluding hydrogens is 582 g/mol. The Labute approximate surface area is 251 Å². The molecular formula is C31H31ClF2N4O5. The van der Waals surface area contributed by atoms with Gasteiger partial charge in [0.1, 0.15) is 34.4 Å². The minimum atomic E-state index is -0.943. The van der Waals surface area contributed by atoms with E-state index in [2.05, 4.69) is 0 Å². The number of pyridine rings is 1. The van der Waals surface area contributed by atoms with Gasteiger partial charge in [-0.15, -0.1) is 0 Å². The number of nitrogens with two attached hydrogens (primary N) is 1. The molecule has 2 amide bonds. The molecule has 9 nitrogen and oxygen atoms in total. The van der Waals surface area contributed by atoms with Gasteiger partial charge >= 0.3 is 0 Å². The Hall–Kier alpha value is -3.80. The maximum Gasteiger partial charge on any atom is 0.274 e. The lowest BCUT2D eigenvalue weighted by atomic mass is 9.84. The van der Waals surface area contributed by atoms with Crippen LogP contribution in [0.3, 0.4) is 0 Å². The fourth-order valence-corrected chi connectivity index (χ4v) is 6.71. The Morgan fingerprint density at radius 2 is 1.88 bits per heavy atom. The molecule has 3 aliphatic rings. The van der Waals surface area contributed by atoms with Crippen LogP contribution in [0.5, 0.6) is 5.75 Å². The molecule has 1 unspecified atom stereocenters. The summed E-state index contributed by atoms with van der Waals surface area (Å²) in [5, 5.41) is 1.07. The third-order valence-electron chi connectivity index (χ3n) is 8.85.